The van der Waals surface area contributed by atoms with Crippen LogP contribution in [0.2, 0.25) is 0 Å². The highest BCUT2D eigenvalue weighted by molar-refractivity contribution is 6.00. The highest BCUT2D eigenvalue weighted by Gasteiger charge is 2.24. The van der Waals surface area contributed by atoms with Gasteiger partial charge in [-0.3, -0.25) is 5.41 Å². The molecule has 1 fully saturated rings. The molecule has 0 aromatic heterocycles. The number of nitrogens with two attached hydrogens (primary N) is 1. The number of nitrogens with zero attached hydrogens (tertiary/aromatic N) is 1. The third-order valence-corrected chi connectivity index (χ3v) is 3.50. The first-order valence-corrected chi connectivity index (χ1v) is 5.88. The molecule has 1 saturated carbocycles. The van der Waals surface area contributed by atoms with Gasteiger partial charge in [0, 0.05) is 24.7 Å². The van der Waals surface area contributed by atoms with Crippen molar-refractivity contribution < 1.29 is 4.74 Å². The summed E-state index contributed by atoms with van der Waals surface area (Å²) in [5.41, 5.74) is 7.38. The number of ether oxygens (including phenoxy) is 1. The van der Waals surface area contributed by atoms with Gasteiger partial charge < -0.3 is 15.4 Å². The van der Waals surface area contributed by atoms with E-state index in [1.807, 2.05) is 18.2 Å². The molecule has 1 aromatic rings. The minimum Gasteiger partial charge on any atom is -0.497 e. The smallest absolute Gasteiger partial charge is 0.124 e. The number of nitrogens with one attached hydrogen (secondary N) is 1. The molecule has 17 heavy (non-hydrogen) atoms. The predicted molar refractivity (Wildman–Crippen MR) is 70.1 cm³/mol. The van der Waals surface area contributed by atoms with Crippen molar-refractivity contribution in [2.45, 2.75) is 25.3 Å². The van der Waals surface area contributed by atoms with Crippen LogP contribution in [-0.2, 0) is 0 Å². The van der Waals surface area contributed by atoms with E-state index in [2.05, 4.69) is 11.9 Å². The Morgan fingerprint density at radius 3 is 2.65 bits per heavy atom. The third kappa shape index (κ3) is 2.20. The number of hydrogen-bond acceptors (Lipinski definition) is 3. The van der Waals surface area contributed by atoms with Gasteiger partial charge in [-0.05, 0) is 31.4 Å². The molecule has 3 N–H and O–H groups in total. The van der Waals surface area contributed by atoms with Crippen LogP contribution in [0.25, 0.3) is 0 Å². The molecule has 0 aliphatic heterocycles. The van der Waals surface area contributed by atoms with Gasteiger partial charge in [0.25, 0.3) is 0 Å². The number of amidine groups is 1. The monoisotopic (exact) mass is 233 g/mol. The molecule has 2 rings (SSSR count). The summed E-state index contributed by atoms with van der Waals surface area (Å²) in [7, 11) is 3.71. The second-order valence-electron chi connectivity index (χ2n) is 4.49. The normalized spacial score (nSPS) is 15.2. The van der Waals surface area contributed by atoms with Crippen molar-refractivity contribution >= 4 is 11.5 Å². The SMILES string of the molecule is COc1ccc(C(=N)N)c(N(C)C2CCC2)c1. The molecule has 1 aliphatic rings. The number of anilines is 1. The van der Waals surface area contributed by atoms with Gasteiger partial charge in [0.15, 0.2) is 0 Å². The Morgan fingerprint density at radius 2 is 2.18 bits per heavy atom. The molecule has 0 bridgehead atoms. The van der Waals surface area contributed by atoms with Gasteiger partial charge in [-0.2, -0.15) is 0 Å². The van der Waals surface area contributed by atoms with Crippen molar-refractivity contribution in [3.63, 3.8) is 0 Å². The Bertz CT molecular complexity index is 427. The lowest BCUT2D eigenvalue weighted by atomic mass is 9.91. The molecule has 92 valence electrons. The van der Waals surface area contributed by atoms with Crippen molar-refractivity contribution in [2.75, 3.05) is 19.1 Å². The Balaban J connectivity index is 2.36. The Morgan fingerprint density at radius 1 is 1.47 bits per heavy atom. The molecule has 0 amide bonds. The highest BCUT2D eigenvalue weighted by Crippen LogP contribution is 2.32. The molecular formula is C13H19N3O. The number of hydrogen-bond donors (Lipinski definition) is 2. The van der Waals surface area contributed by atoms with Crippen molar-refractivity contribution in [1.82, 2.24) is 0 Å². The lowest BCUT2D eigenvalue weighted by Gasteiger charge is -2.37. The number of benzene rings is 1. The average Bonchev–Trinajstić information content (AvgIpc) is 2.25. The van der Waals surface area contributed by atoms with Crippen LogP contribution < -0.4 is 15.4 Å². The van der Waals surface area contributed by atoms with Crippen LogP contribution >= 0.6 is 0 Å². The van der Waals surface area contributed by atoms with Gasteiger partial charge in [-0.1, -0.05) is 0 Å². The first kappa shape index (κ1) is 11.8. The maximum atomic E-state index is 7.62. The van der Waals surface area contributed by atoms with E-state index in [1.54, 1.807) is 7.11 Å². The maximum absolute atomic E-state index is 7.62. The molecule has 0 radical (unpaired) electrons. The summed E-state index contributed by atoms with van der Waals surface area (Å²) in [4.78, 5) is 2.21. The molecule has 0 heterocycles. The van der Waals surface area contributed by atoms with E-state index in [0.29, 0.717) is 6.04 Å². The van der Waals surface area contributed by atoms with Gasteiger partial charge in [-0.25, -0.2) is 0 Å². The van der Waals surface area contributed by atoms with Crippen LogP contribution in [0.3, 0.4) is 0 Å². The fourth-order valence-electron chi connectivity index (χ4n) is 2.13. The van der Waals surface area contributed by atoms with Gasteiger partial charge in [0.05, 0.1) is 12.8 Å². The summed E-state index contributed by atoms with van der Waals surface area (Å²) in [6.07, 6.45) is 3.71. The number of nitrogen functional groups attached to an aromatic ring is 1. The van der Waals surface area contributed by atoms with Gasteiger partial charge in [-0.15, -0.1) is 0 Å². The average molecular weight is 233 g/mol. The van der Waals surface area contributed by atoms with E-state index in [1.165, 1.54) is 19.3 Å². The fourth-order valence-corrected chi connectivity index (χ4v) is 2.13. The van der Waals surface area contributed by atoms with E-state index in [-0.39, 0.29) is 5.84 Å². The van der Waals surface area contributed by atoms with Crippen molar-refractivity contribution in [2.24, 2.45) is 5.73 Å². The van der Waals surface area contributed by atoms with Crippen LogP contribution in [0.15, 0.2) is 18.2 Å². The van der Waals surface area contributed by atoms with Crippen LogP contribution in [0, 0.1) is 5.41 Å². The minimum absolute atomic E-state index is 0.105. The molecule has 1 aromatic carbocycles. The first-order valence-electron chi connectivity index (χ1n) is 5.88. The minimum atomic E-state index is 0.105. The van der Waals surface area contributed by atoms with E-state index in [9.17, 15) is 0 Å². The van der Waals surface area contributed by atoms with Gasteiger partial charge in [0.2, 0.25) is 0 Å². The summed E-state index contributed by atoms with van der Waals surface area (Å²) in [5.74, 6) is 0.907. The molecule has 0 unspecified atom stereocenters. The van der Waals surface area contributed by atoms with Gasteiger partial charge >= 0.3 is 0 Å². The lowest BCUT2D eigenvalue weighted by molar-refractivity contribution is 0.398. The first-order chi connectivity index (χ1) is 8.13. The summed E-state index contributed by atoms with van der Waals surface area (Å²) < 4.78 is 5.23. The molecule has 0 atom stereocenters. The zero-order valence-corrected chi connectivity index (χ0v) is 10.4. The molecule has 4 nitrogen and oxygen atoms in total. The van der Waals surface area contributed by atoms with Gasteiger partial charge in [0.1, 0.15) is 11.6 Å². The Kier molecular flexibility index (Phi) is 3.22. The molecular weight excluding hydrogens is 214 g/mol. The largest absolute Gasteiger partial charge is 0.497 e. The van der Waals surface area contributed by atoms with Crippen molar-refractivity contribution in [3.05, 3.63) is 23.8 Å². The van der Waals surface area contributed by atoms with Crippen molar-refractivity contribution in [1.29, 1.82) is 5.41 Å². The summed E-state index contributed by atoms with van der Waals surface area (Å²) in [5, 5.41) is 7.62. The molecule has 0 spiro atoms. The zero-order valence-electron chi connectivity index (χ0n) is 10.4. The topological polar surface area (TPSA) is 62.3 Å². The zero-order chi connectivity index (χ0) is 12.4. The number of rotatable bonds is 4. The Hall–Kier alpha value is -1.71. The maximum Gasteiger partial charge on any atom is 0.124 e. The molecule has 0 saturated heterocycles. The molecule has 4 heteroatoms. The van der Waals surface area contributed by atoms with Crippen molar-refractivity contribution in [3.8, 4) is 5.75 Å². The van der Waals surface area contributed by atoms with E-state index in [0.717, 1.165) is 17.0 Å². The summed E-state index contributed by atoms with van der Waals surface area (Å²) >= 11 is 0. The van der Waals surface area contributed by atoms with Crippen LogP contribution in [0.4, 0.5) is 5.69 Å². The quantitative estimate of drug-likeness (QED) is 0.617. The standard InChI is InChI=1S/C13H19N3O/c1-16(9-4-3-5-9)12-8-10(17-2)6-7-11(12)13(14)15/h6-9H,3-5H2,1-2H3,(H3,14,15). The predicted octanol–water partition coefficient (Wildman–Crippen LogP) is 1.97. The summed E-state index contributed by atoms with van der Waals surface area (Å²) in [6.45, 7) is 0. The second-order valence-corrected chi connectivity index (χ2v) is 4.49. The summed E-state index contributed by atoms with van der Waals surface area (Å²) in [6, 6.07) is 6.22. The van der Waals surface area contributed by atoms with Crippen LogP contribution in [0.5, 0.6) is 5.75 Å². The van der Waals surface area contributed by atoms with E-state index >= 15 is 0 Å². The van der Waals surface area contributed by atoms with E-state index < -0.39 is 0 Å². The third-order valence-electron chi connectivity index (χ3n) is 3.50. The van der Waals surface area contributed by atoms with E-state index in [4.69, 9.17) is 15.9 Å². The Labute approximate surface area is 102 Å². The fraction of sp³-hybridized carbons (Fsp3) is 0.462. The number of methoxy groups -OCH3 is 1. The highest BCUT2D eigenvalue weighted by atomic mass is 16.5. The van der Waals surface area contributed by atoms with Crippen LogP contribution in [-0.4, -0.2) is 26.0 Å². The molecule has 1 aliphatic carbocycles. The van der Waals surface area contributed by atoms with Crippen LogP contribution in [0.1, 0.15) is 24.8 Å². The second kappa shape index (κ2) is 4.65. The lowest BCUT2D eigenvalue weighted by Crippen LogP contribution is -2.38.